The van der Waals surface area contributed by atoms with Crippen LogP contribution in [0.2, 0.25) is 0 Å². The first-order valence-corrected chi connectivity index (χ1v) is 7.66. The zero-order chi connectivity index (χ0) is 13.9. The van der Waals surface area contributed by atoms with Crippen molar-refractivity contribution in [2.45, 2.75) is 38.3 Å². The van der Waals surface area contributed by atoms with E-state index in [1.54, 1.807) is 12.1 Å². The number of ether oxygens (including phenoxy) is 1. The average molecular weight is 278 g/mol. The summed E-state index contributed by atoms with van der Waals surface area (Å²) in [6.07, 6.45) is 3.67. The summed E-state index contributed by atoms with van der Waals surface area (Å²) >= 11 is 0. The van der Waals surface area contributed by atoms with Gasteiger partial charge >= 0.3 is 0 Å². The number of hydrogen-bond donors (Lipinski definition) is 1. The molecule has 1 atom stereocenters. The molecule has 1 aromatic rings. The zero-order valence-corrected chi connectivity index (χ0v) is 12.1. The monoisotopic (exact) mass is 278 g/mol. The van der Waals surface area contributed by atoms with Crippen LogP contribution in [0.3, 0.4) is 0 Å². The van der Waals surface area contributed by atoms with E-state index in [1.165, 1.54) is 18.9 Å². The summed E-state index contributed by atoms with van der Waals surface area (Å²) in [5.41, 5.74) is 0.991. The van der Waals surface area contributed by atoms with Gasteiger partial charge in [0, 0.05) is 37.7 Å². The summed E-state index contributed by atoms with van der Waals surface area (Å²) in [6, 6.07) is 5.61. The highest BCUT2D eigenvalue weighted by Crippen LogP contribution is 2.29. The highest BCUT2D eigenvalue weighted by Gasteiger charge is 2.27. The molecule has 2 aliphatic rings. The lowest BCUT2D eigenvalue weighted by atomic mass is 10.1. The Kier molecular flexibility index (Phi) is 4.22. The highest BCUT2D eigenvalue weighted by atomic mass is 19.1. The van der Waals surface area contributed by atoms with Gasteiger partial charge in [0.1, 0.15) is 17.7 Å². The van der Waals surface area contributed by atoms with Crippen molar-refractivity contribution in [3.8, 4) is 5.75 Å². The summed E-state index contributed by atoms with van der Waals surface area (Å²) in [7, 11) is 0. The summed E-state index contributed by atoms with van der Waals surface area (Å²) in [5, 5.41) is 3.46. The van der Waals surface area contributed by atoms with Gasteiger partial charge in [0.15, 0.2) is 0 Å². The second-order valence-corrected chi connectivity index (χ2v) is 5.76. The molecule has 0 bridgehead atoms. The third-order valence-electron chi connectivity index (χ3n) is 4.18. The number of rotatable bonds is 7. The molecule has 20 heavy (non-hydrogen) atoms. The molecule has 110 valence electrons. The molecule has 1 aromatic carbocycles. The summed E-state index contributed by atoms with van der Waals surface area (Å²) < 4.78 is 18.9. The van der Waals surface area contributed by atoms with Crippen molar-refractivity contribution < 1.29 is 9.13 Å². The normalized spacial score (nSPS) is 21.1. The van der Waals surface area contributed by atoms with Crippen LogP contribution in [0.15, 0.2) is 18.2 Å². The lowest BCUT2D eigenvalue weighted by Gasteiger charge is -2.20. The van der Waals surface area contributed by atoms with E-state index in [4.69, 9.17) is 4.74 Å². The van der Waals surface area contributed by atoms with E-state index in [0.717, 1.165) is 50.0 Å². The summed E-state index contributed by atoms with van der Waals surface area (Å²) in [4.78, 5) is 2.53. The number of halogens is 1. The van der Waals surface area contributed by atoms with Crippen LogP contribution in [0.1, 0.15) is 25.3 Å². The van der Waals surface area contributed by atoms with Crippen LogP contribution in [0.5, 0.6) is 5.75 Å². The van der Waals surface area contributed by atoms with E-state index >= 15 is 0 Å². The molecule has 3 nitrogen and oxygen atoms in total. The number of nitrogens with one attached hydrogen (secondary N) is 1. The number of likely N-dealkylation sites (N-methyl/N-ethyl adjacent to an activating group) is 1. The van der Waals surface area contributed by atoms with Gasteiger partial charge in [-0.2, -0.15) is 0 Å². The van der Waals surface area contributed by atoms with Crippen LogP contribution in [0.25, 0.3) is 0 Å². The molecule has 1 unspecified atom stereocenters. The molecule has 0 radical (unpaired) electrons. The van der Waals surface area contributed by atoms with Gasteiger partial charge in [-0.25, -0.2) is 4.39 Å². The molecule has 0 saturated heterocycles. The molecule has 0 aromatic heterocycles. The molecule has 3 rings (SSSR count). The Morgan fingerprint density at radius 1 is 1.40 bits per heavy atom. The lowest BCUT2D eigenvalue weighted by Crippen LogP contribution is -2.37. The molecule has 1 saturated carbocycles. The Labute approximate surface area is 120 Å². The van der Waals surface area contributed by atoms with Crippen LogP contribution < -0.4 is 10.1 Å². The van der Waals surface area contributed by atoms with E-state index in [1.807, 2.05) is 0 Å². The van der Waals surface area contributed by atoms with Crippen LogP contribution in [-0.4, -0.2) is 43.2 Å². The molecule has 1 N–H and O–H groups in total. The van der Waals surface area contributed by atoms with E-state index < -0.39 is 0 Å². The van der Waals surface area contributed by atoms with Crippen LogP contribution in [0.4, 0.5) is 4.39 Å². The third-order valence-corrected chi connectivity index (χ3v) is 4.18. The minimum absolute atomic E-state index is 0.141. The van der Waals surface area contributed by atoms with Gasteiger partial charge in [-0.15, -0.1) is 0 Å². The number of hydrogen-bond acceptors (Lipinski definition) is 3. The average Bonchev–Trinajstić information content (AvgIpc) is 3.19. The van der Waals surface area contributed by atoms with Crippen LogP contribution in [0, 0.1) is 5.82 Å². The van der Waals surface area contributed by atoms with Gasteiger partial charge in [0.25, 0.3) is 0 Å². The van der Waals surface area contributed by atoms with Crippen molar-refractivity contribution >= 4 is 0 Å². The maximum Gasteiger partial charge on any atom is 0.123 e. The van der Waals surface area contributed by atoms with Gasteiger partial charge in [0.05, 0.1) is 0 Å². The van der Waals surface area contributed by atoms with Gasteiger partial charge in [-0.1, -0.05) is 6.92 Å². The topological polar surface area (TPSA) is 24.5 Å². The van der Waals surface area contributed by atoms with Crippen molar-refractivity contribution in [1.29, 1.82) is 0 Å². The SMILES string of the molecule is CCN(CCNCC1Cc2cc(F)ccc2O1)C1CC1. The Bertz CT molecular complexity index is 462. The zero-order valence-electron chi connectivity index (χ0n) is 12.1. The fourth-order valence-electron chi connectivity index (χ4n) is 2.93. The van der Waals surface area contributed by atoms with E-state index in [0.29, 0.717) is 0 Å². The molecule has 0 spiro atoms. The first-order valence-electron chi connectivity index (χ1n) is 7.66. The molecule has 1 heterocycles. The van der Waals surface area contributed by atoms with Crippen molar-refractivity contribution in [3.05, 3.63) is 29.6 Å². The predicted octanol–water partition coefficient (Wildman–Crippen LogP) is 2.20. The Balaban J connectivity index is 1.38. The quantitative estimate of drug-likeness (QED) is 0.774. The maximum absolute atomic E-state index is 13.1. The number of nitrogens with zero attached hydrogens (tertiary/aromatic N) is 1. The van der Waals surface area contributed by atoms with Crippen molar-refractivity contribution in [2.24, 2.45) is 0 Å². The van der Waals surface area contributed by atoms with E-state index in [9.17, 15) is 4.39 Å². The molecule has 1 aliphatic carbocycles. The first-order chi connectivity index (χ1) is 9.76. The fraction of sp³-hybridized carbons (Fsp3) is 0.625. The number of fused-ring (bicyclic) bond motifs is 1. The molecule has 1 fully saturated rings. The van der Waals surface area contributed by atoms with Gasteiger partial charge in [0.2, 0.25) is 0 Å². The van der Waals surface area contributed by atoms with Crippen molar-refractivity contribution in [1.82, 2.24) is 10.2 Å². The van der Waals surface area contributed by atoms with E-state index in [-0.39, 0.29) is 11.9 Å². The van der Waals surface area contributed by atoms with Crippen LogP contribution in [-0.2, 0) is 6.42 Å². The minimum Gasteiger partial charge on any atom is -0.488 e. The Morgan fingerprint density at radius 3 is 3.00 bits per heavy atom. The molecule has 4 heteroatoms. The molecule has 1 aliphatic heterocycles. The maximum atomic E-state index is 13.1. The fourth-order valence-corrected chi connectivity index (χ4v) is 2.93. The summed E-state index contributed by atoms with van der Waals surface area (Å²) in [5.74, 6) is 0.662. The Hall–Kier alpha value is -1.13. The van der Waals surface area contributed by atoms with Crippen molar-refractivity contribution in [3.63, 3.8) is 0 Å². The summed E-state index contributed by atoms with van der Waals surface area (Å²) in [6.45, 7) is 6.30. The van der Waals surface area contributed by atoms with Crippen LogP contribution >= 0.6 is 0 Å². The van der Waals surface area contributed by atoms with E-state index in [2.05, 4.69) is 17.1 Å². The smallest absolute Gasteiger partial charge is 0.123 e. The second-order valence-electron chi connectivity index (χ2n) is 5.76. The second kappa shape index (κ2) is 6.10. The Morgan fingerprint density at radius 2 is 2.25 bits per heavy atom. The largest absolute Gasteiger partial charge is 0.488 e. The molecule has 0 amide bonds. The molecular formula is C16H23FN2O. The minimum atomic E-state index is -0.177. The van der Waals surface area contributed by atoms with Gasteiger partial charge < -0.3 is 10.1 Å². The van der Waals surface area contributed by atoms with Gasteiger partial charge in [-0.3, -0.25) is 4.90 Å². The predicted molar refractivity (Wildman–Crippen MR) is 77.7 cm³/mol. The standard InChI is InChI=1S/C16H23FN2O/c1-2-19(14-4-5-14)8-7-18-11-15-10-12-9-13(17)3-6-16(12)20-15/h3,6,9,14-15,18H,2,4-5,7-8,10-11H2,1H3. The number of benzene rings is 1. The molecular weight excluding hydrogens is 255 g/mol. The van der Waals surface area contributed by atoms with Gasteiger partial charge in [-0.05, 0) is 37.6 Å². The van der Waals surface area contributed by atoms with Crippen molar-refractivity contribution in [2.75, 3.05) is 26.2 Å². The lowest BCUT2D eigenvalue weighted by molar-refractivity contribution is 0.220. The highest BCUT2D eigenvalue weighted by molar-refractivity contribution is 5.37. The third kappa shape index (κ3) is 3.30. The first kappa shape index (κ1) is 13.8.